The Bertz CT molecular complexity index is 1810. The number of fused-ring (bicyclic) bond motifs is 2. The zero-order valence-corrected chi connectivity index (χ0v) is 24.2. The van der Waals surface area contributed by atoms with Gasteiger partial charge in [0.2, 0.25) is 5.91 Å². The van der Waals surface area contributed by atoms with Crippen LogP contribution in [0.4, 0.5) is 0 Å². The normalized spacial score (nSPS) is 19.5. The van der Waals surface area contributed by atoms with Gasteiger partial charge in [0.15, 0.2) is 16.6 Å². The predicted octanol–water partition coefficient (Wildman–Crippen LogP) is 2.94. The SMILES string of the molecule is COc1ccc2oc(C(=O)N3Cc4ccccc4CC3C(=O)NC3CCCN(S(=O)(=O)c4ccccn4)CC3=O)cc2c1. The molecule has 2 aromatic carbocycles. The molecule has 2 aliphatic rings. The largest absolute Gasteiger partial charge is 0.497 e. The molecule has 0 aliphatic carbocycles. The van der Waals surface area contributed by atoms with Crippen LogP contribution >= 0.6 is 0 Å². The highest BCUT2D eigenvalue weighted by atomic mass is 32.2. The first-order valence-electron chi connectivity index (χ1n) is 13.9. The number of hydrogen-bond acceptors (Lipinski definition) is 8. The lowest BCUT2D eigenvalue weighted by molar-refractivity contribution is -0.130. The molecule has 4 aromatic rings. The van der Waals surface area contributed by atoms with Crippen molar-refractivity contribution < 1.29 is 32.0 Å². The molecule has 1 saturated heterocycles. The molecular formula is C31H30N4O7S. The Balaban J connectivity index is 1.23. The van der Waals surface area contributed by atoms with E-state index in [9.17, 15) is 22.8 Å². The van der Waals surface area contributed by atoms with E-state index in [1.807, 2.05) is 24.3 Å². The zero-order valence-electron chi connectivity index (χ0n) is 23.4. The van der Waals surface area contributed by atoms with Gasteiger partial charge in [-0.1, -0.05) is 30.3 Å². The number of aromatic nitrogens is 1. The van der Waals surface area contributed by atoms with Crippen molar-refractivity contribution in [2.75, 3.05) is 20.2 Å². The van der Waals surface area contributed by atoms with Crippen LogP contribution in [-0.4, -0.2) is 72.5 Å². The smallest absolute Gasteiger partial charge is 0.290 e. The molecule has 2 unspecified atom stereocenters. The summed E-state index contributed by atoms with van der Waals surface area (Å²) >= 11 is 0. The fraction of sp³-hybridized carbons (Fsp3) is 0.290. The average molecular weight is 603 g/mol. The maximum absolute atomic E-state index is 13.8. The number of sulfonamides is 1. The number of ketones is 1. The lowest BCUT2D eigenvalue weighted by Gasteiger charge is -2.36. The zero-order chi connectivity index (χ0) is 30.1. The summed E-state index contributed by atoms with van der Waals surface area (Å²) in [5.41, 5.74) is 2.36. The average Bonchev–Trinajstić information content (AvgIpc) is 3.37. The Labute approximate surface area is 248 Å². The lowest BCUT2D eigenvalue weighted by Crippen LogP contribution is -2.55. The van der Waals surface area contributed by atoms with Gasteiger partial charge in [-0.2, -0.15) is 4.31 Å². The van der Waals surface area contributed by atoms with Gasteiger partial charge in [0.1, 0.15) is 17.4 Å². The van der Waals surface area contributed by atoms with Crippen LogP contribution in [0.15, 0.2) is 82.4 Å². The Hall–Kier alpha value is -4.55. The van der Waals surface area contributed by atoms with Crippen molar-refractivity contribution in [2.24, 2.45) is 0 Å². The summed E-state index contributed by atoms with van der Waals surface area (Å²) in [6.45, 7) is -0.0834. The number of methoxy groups -OCH3 is 1. The van der Waals surface area contributed by atoms with Crippen molar-refractivity contribution in [1.29, 1.82) is 0 Å². The minimum absolute atomic E-state index is 0.0846. The van der Waals surface area contributed by atoms with E-state index in [4.69, 9.17) is 9.15 Å². The quantitative estimate of drug-likeness (QED) is 0.356. The highest BCUT2D eigenvalue weighted by molar-refractivity contribution is 7.89. The van der Waals surface area contributed by atoms with E-state index in [1.165, 1.54) is 17.2 Å². The lowest BCUT2D eigenvalue weighted by atomic mass is 9.92. The second kappa shape index (κ2) is 11.6. The first-order valence-corrected chi connectivity index (χ1v) is 15.4. The molecule has 1 N–H and O–H groups in total. The molecule has 0 saturated carbocycles. The van der Waals surface area contributed by atoms with Crippen LogP contribution in [0.2, 0.25) is 0 Å². The van der Waals surface area contributed by atoms with Crippen LogP contribution in [0, 0.1) is 0 Å². The number of benzene rings is 2. The fourth-order valence-corrected chi connectivity index (χ4v) is 7.00. The molecule has 2 amide bonds. The number of carbonyl (C=O) groups excluding carboxylic acids is 3. The Morgan fingerprint density at radius 1 is 1.02 bits per heavy atom. The third-order valence-corrected chi connectivity index (χ3v) is 9.69. The molecule has 4 heterocycles. The molecule has 0 spiro atoms. The number of hydrogen-bond donors (Lipinski definition) is 1. The molecule has 222 valence electrons. The molecule has 12 heteroatoms. The van der Waals surface area contributed by atoms with Gasteiger partial charge < -0.3 is 19.4 Å². The summed E-state index contributed by atoms with van der Waals surface area (Å²) in [7, 11) is -2.42. The van der Waals surface area contributed by atoms with Crippen molar-refractivity contribution >= 4 is 38.6 Å². The number of ether oxygens (including phenoxy) is 1. The van der Waals surface area contributed by atoms with E-state index in [0.717, 1.165) is 15.4 Å². The van der Waals surface area contributed by atoms with Crippen molar-refractivity contribution in [3.63, 3.8) is 0 Å². The van der Waals surface area contributed by atoms with Crippen LogP contribution in [-0.2, 0) is 32.6 Å². The number of carbonyl (C=O) groups is 3. The molecule has 43 heavy (non-hydrogen) atoms. The van der Waals surface area contributed by atoms with Gasteiger partial charge in [-0.15, -0.1) is 0 Å². The molecule has 2 atom stereocenters. The highest BCUT2D eigenvalue weighted by Crippen LogP contribution is 2.29. The number of nitrogens with one attached hydrogen (secondary N) is 1. The molecule has 1 fully saturated rings. The number of rotatable bonds is 6. The van der Waals surface area contributed by atoms with Gasteiger partial charge in [0, 0.05) is 31.1 Å². The highest BCUT2D eigenvalue weighted by Gasteiger charge is 2.39. The molecule has 6 rings (SSSR count). The van der Waals surface area contributed by atoms with E-state index in [0.29, 0.717) is 23.1 Å². The first-order chi connectivity index (χ1) is 20.7. The topological polar surface area (TPSA) is 139 Å². The first kappa shape index (κ1) is 28.6. The van der Waals surface area contributed by atoms with Crippen molar-refractivity contribution in [1.82, 2.24) is 19.5 Å². The summed E-state index contributed by atoms with van der Waals surface area (Å²) in [4.78, 5) is 46.3. The van der Waals surface area contributed by atoms with Crippen LogP contribution in [0.25, 0.3) is 11.0 Å². The Morgan fingerprint density at radius 2 is 1.81 bits per heavy atom. The van der Waals surface area contributed by atoms with E-state index >= 15 is 0 Å². The third-order valence-electron chi connectivity index (χ3n) is 7.93. The van der Waals surface area contributed by atoms with Crippen LogP contribution in [0.3, 0.4) is 0 Å². The summed E-state index contributed by atoms with van der Waals surface area (Å²) in [5, 5.41) is 3.39. The summed E-state index contributed by atoms with van der Waals surface area (Å²) < 4.78 is 38.4. The second-order valence-electron chi connectivity index (χ2n) is 10.6. The number of Topliss-reactive ketones (excluding diaryl/α,β-unsaturated/α-hetero) is 1. The van der Waals surface area contributed by atoms with Crippen LogP contribution < -0.4 is 10.1 Å². The molecule has 2 aliphatic heterocycles. The van der Waals surface area contributed by atoms with Crippen LogP contribution in [0.1, 0.15) is 34.5 Å². The molecule has 0 radical (unpaired) electrons. The second-order valence-corrected chi connectivity index (χ2v) is 12.5. The van der Waals surface area contributed by atoms with E-state index in [1.54, 1.807) is 43.5 Å². The Morgan fingerprint density at radius 3 is 2.58 bits per heavy atom. The van der Waals surface area contributed by atoms with Gasteiger partial charge in [0.05, 0.1) is 19.7 Å². The Kier molecular flexibility index (Phi) is 7.72. The molecular weight excluding hydrogens is 572 g/mol. The molecule has 2 aromatic heterocycles. The number of nitrogens with zero attached hydrogens (tertiary/aromatic N) is 3. The minimum atomic E-state index is -3.97. The monoisotopic (exact) mass is 602 g/mol. The van der Waals surface area contributed by atoms with Crippen molar-refractivity contribution in [3.05, 3.63) is 89.8 Å². The standard InChI is InChI=1S/C31H30N4O7S/c1-41-23-11-12-27-22(15-23)17-28(42-27)31(38)35-18-21-8-3-2-7-20(21)16-25(35)30(37)33-24-9-6-14-34(19-26(24)36)43(39,40)29-10-4-5-13-32-29/h2-5,7-8,10-13,15,17,24-25H,6,9,14,16,18-19H2,1H3,(H,33,37). The predicted molar refractivity (Wildman–Crippen MR) is 156 cm³/mol. The maximum Gasteiger partial charge on any atom is 0.290 e. The number of pyridine rings is 1. The third kappa shape index (κ3) is 5.63. The van der Waals surface area contributed by atoms with Gasteiger partial charge >= 0.3 is 0 Å². The van der Waals surface area contributed by atoms with E-state index < -0.39 is 39.7 Å². The van der Waals surface area contributed by atoms with Gasteiger partial charge in [-0.3, -0.25) is 14.4 Å². The van der Waals surface area contributed by atoms with Crippen LogP contribution in [0.5, 0.6) is 5.75 Å². The van der Waals surface area contributed by atoms with Gasteiger partial charge in [-0.25, -0.2) is 13.4 Å². The van der Waals surface area contributed by atoms with Crippen molar-refractivity contribution in [2.45, 2.75) is 42.9 Å². The van der Waals surface area contributed by atoms with E-state index in [-0.39, 0.29) is 43.3 Å². The summed E-state index contributed by atoms with van der Waals surface area (Å²) in [5.74, 6) is -0.660. The molecule has 0 bridgehead atoms. The minimum Gasteiger partial charge on any atom is -0.497 e. The number of furan rings is 1. The maximum atomic E-state index is 13.8. The molecule has 11 nitrogen and oxygen atoms in total. The number of amides is 2. The fourth-order valence-electron chi connectivity index (χ4n) is 5.62. The van der Waals surface area contributed by atoms with Gasteiger partial charge in [0.25, 0.3) is 15.9 Å². The summed E-state index contributed by atoms with van der Waals surface area (Å²) in [6.07, 6.45) is 2.26. The van der Waals surface area contributed by atoms with E-state index in [2.05, 4.69) is 10.3 Å². The van der Waals surface area contributed by atoms with Crippen molar-refractivity contribution in [3.8, 4) is 5.75 Å². The summed E-state index contributed by atoms with van der Waals surface area (Å²) in [6, 6.07) is 17.2. The van der Waals surface area contributed by atoms with Gasteiger partial charge in [-0.05, 0) is 60.4 Å².